The van der Waals surface area contributed by atoms with Gasteiger partial charge in [-0.3, -0.25) is 14.9 Å². The van der Waals surface area contributed by atoms with Crippen LogP contribution in [0.4, 0.5) is 5.69 Å². The molecule has 8 nitrogen and oxygen atoms in total. The van der Waals surface area contributed by atoms with Crippen molar-refractivity contribution in [3.63, 3.8) is 0 Å². The van der Waals surface area contributed by atoms with Gasteiger partial charge in [-0.15, -0.1) is 0 Å². The van der Waals surface area contributed by atoms with Crippen LogP contribution >= 0.6 is 0 Å². The molecule has 2 aromatic rings. The van der Waals surface area contributed by atoms with Crippen LogP contribution in [0.25, 0.3) is 0 Å². The number of esters is 1. The van der Waals surface area contributed by atoms with E-state index in [4.69, 9.17) is 9.47 Å². The van der Waals surface area contributed by atoms with Crippen LogP contribution in [0.15, 0.2) is 54.6 Å². The molecule has 0 aromatic heterocycles. The number of nitro groups is 1. The van der Waals surface area contributed by atoms with Crippen molar-refractivity contribution in [2.45, 2.75) is 19.1 Å². The lowest BCUT2D eigenvalue weighted by atomic mass is 10.0. The molecular formula is C20H20N2O6. The largest absolute Gasteiger partial charge is 0.488 e. The normalized spacial score (nSPS) is 21.2. The number of ether oxygens (including phenoxy) is 2. The predicted molar refractivity (Wildman–Crippen MR) is 100.0 cm³/mol. The van der Waals surface area contributed by atoms with Gasteiger partial charge in [0.2, 0.25) is 0 Å². The topological polar surface area (TPSA) is 99.0 Å². The van der Waals surface area contributed by atoms with Crippen LogP contribution in [0.5, 0.6) is 5.75 Å². The first-order valence-electron chi connectivity index (χ1n) is 8.77. The van der Waals surface area contributed by atoms with Crippen molar-refractivity contribution in [3.8, 4) is 5.75 Å². The van der Waals surface area contributed by atoms with Crippen LogP contribution in [0.2, 0.25) is 0 Å². The maximum Gasteiger partial charge on any atom is 0.329 e. The van der Waals surface area contributed by atoms with E-state index in [1.807, 2.05) is 13.0 Å². The summed E-state index contributed by atoms with van der Waals surface area (Å²) in [6.45, 7) is 2.02. The SMILES string of the molecule is COC(=O)C1C(C)C(Oc2ccc([N+](=O)[O-])cc2)CN1C(=O)c1ccccc1. The Kier molecular flexibility index (Phi) is 5.58. The Bertz CT molecular complexity index is 868. The summed E-state index contributed by atoms with van der Waals surface area (Å²) >= 11 is 0. The molecule has 1 heterocycles. The minimum absolute atomic E-state index is 0.0415. The highest BCUT2D eigenvalue weighted by Crippen LogP contribution is 2.31. The number of nitro benzene ring substituents is 1. The Morgan fingerprint density at radius 3 is 2.32 bits per heavy atom. The minimum atomic E-state index is -0.777. The second-order valence-electron chi connectivity index (χ2n) is 6.56. The molecule has 0 radical (unpaired) electrons. The monoisotopic (exact) mass is 384 g/mol. The zero-order chi connectivity index (χ0) is 20.3. The Morgan fingerprint density at radius 2 is 1.75 bits per heavy atom. The smallest absolute Gasteiger partial charge is 0.329 e. The lowest BCUT2D eigenvalue weighted by molar-refractivity contribution is -0.384. The average molecular weight is 384 g/mol. The van der Waals surface area contributed by atoms with Crippen molar-refractivity contribution in [1.29, 1.82) is 0 Å². The van der Waals surface area contributed by atoms with Crippen molar-refractivity contribution >= 4 is 17.6 Å². The third-order valence-electron chi connectivity index (χ3n) is 4.86. The molecule has 1 fully saturated rings. The Hall–Kier alpha value is -3.42. The Morgan fingerprint density at radius 1 is 1.11 bits per heavy atom. The van der Waals surface area contributed by atoms with E-state index < -0.39 is 23.0 Å². The first-order chi connectivity index (χ1) is 13.4. The molecule has 1 aliphatic rings. The van der Waals surface area contributed by atoms with Crippen LogP contribution in [0.3, 0.4) is 0 Å². The molecular weight excluding hydrogens is 364 g/mol. The van der Waals surface area contributed by atoms with E-state index >= 15 is 0 Å². The molecule has 0 spiro atoms. The summed E-state index contributed by atoms with van der Waals surface area (Å²) in [6.07, 6.45) is -0.460. The van der Waals surface area contributed by atoms with Gasteiger partial charge >= 0.3 is 5.97 Å². The second-order valence-corrected chi connectivity index (χ2v) is 6.56. The van der Waals surface area contributed by atoms with Gasteiger partial charge in [0.15, 0.2) is 0 Å². The van der Waals surface area contributed by atoms with Gasteiger partial charge in [0, 0.05) is 23.6 Å². The van der Waals surface area contributed by atoms with Crippen LogP contribution in [0, 0.1) is 16.0 Å². The number of hydrogen-bond donors (Lipinski definition) is 0. The molecule has 8 heteroatoms. The zero-order valence-electron chi connectivity index (χ0n) is 15.5. The maximum atomic E-state index is 12.9. The molecule has 1 amide bonds. The lowest BCUT2D eigenvalue weighted by Gasteiger charge is -2.24. The van der Waals surface area contributed by atoms with Crippen molar-refractivity contribution in [2.24, 2.45) is 5.92 Å². The molecule has 0 aliphatic carbocycles. The van der Waals surface area contributed by atoms with Crippen molar-refractivity contribution in [2.75, 3.05) is 13.7 Å². The van der Waals surface area contributed by atoms with Gasteiger partial charge < -0.3 is 14.4 Å². The van der Waals surface area contributed by atoms with Crippen LogP contribution in [0.1, 0.15) is 17.3 Å². The number of non-ortho nitro benzene ring substituents is 1. The fourth-order valence-electron chi connectivity index (χ4n) is 3.35. The molecule has 1 saturated heterocycles. The molecule has 146 valence electrons. The molecule has 0 saturated carbocycles. The van der Waals surface area contributed by atoms with E-state index in [0.29, 0.717) is 11.3 Å². The van der Waals surface area contributed by atoms with E-state index in [1.165, 1.54) is 36.3 Å². The second kappa shape index (κ2) is 8.08. The maximum absolute atomic E-state index is 12.9. The van der Waals surface area contributed by atoms with E-state index in [9.17, 15) is 19.7 Å². The number of hydrogen-bond acceptors (Lipinski definition) is 6. The number of carbonyl (C=O) groups is 2. The van der Waals surface area contributed by atoms with Crippen molar-refractivity contribution in [1.82, 2.24) is 4.90 Å². The van der Waals surface area contributed by atoms with E-state index in [2.05, 4.69) is 0 Å². The molecule has 2 aromatic carbocycles. The van der Waals surface area contributed by atoms with E-state index in [0.717, 1.165) is 0 Å². The predicted octanol–water partition coefficient (Wildman–Crippen LogP) is 2.68. The zero-order valence-corrected chi connectivity index (χ0v) is 15.5. The Labute approximate surface area is 161 Å². The van der Waals surface area contributed by atoms with Gasteiger partial charge in [0.05, 0.1) is 18.6 Å². The number of carbonyl (C=O) groups excluding carboxylic acids is 2. The van der Waals surface area contributed by atoms with E-state index in [-0.39, 0.29) is 24.1 Å². The summed E-state index contributed by atoms with van der Waals surface area (Å²) < 4.78 is 10.8. The summed E-state index contributed by atoms with van der Waals surface area (Å²) in [4.78, 5) is 37.0. The highest BCUT2D eigenvalue weighted by molar-refractivity contribution is 5.97. The van der Waals surface area contributed by atoms with Crippen molar-refractivity contribution in [3.05, 3.63) is 70.3 Å². The third kappa shape index (κ3) is 3.80. The van der Waals surface area contributed by atoms with Gasteiger partial charge in [0.1, 0.15) is 17.9 Å². The number of likely N-dealkylation sites (tertiary alicyclic amines) is 1. The number of nitrogens with zero attached hydrogens (tertiary/aromatic N) is 2. The van der Waals surface area contributed by atoms with Crippen LogP contribution < -0.4 is 4.74 Å². The van der Waals surface area contributed by atoms with Gasteiger partial charge in [-0.2, -0.15) is 0 Å². The molecule has 3 rings (SSSR count). The van der Waals surface area contributed by atoms with Crippen LogP contribution in [-0.4, -0.2) is 47.5 Å². The number of amides is 1. The highest BCUT2D eigenvalue weighted by Gasteiger charge is 2.47. The fourth-order valence-corrected chi connectivity index (χ4v) is 3.35. The third-order valence-corrected chi connectivity index (χ3v) is 4.86. The van der Waals surface area contributed by atoms with E-state index in [1.54, 1.807) is 24.3 Å². The average Bonchev–Trinajstić information content (AvgIpc) is 3.04. The summed E-state index contributed by atoms with van der Waals surface area (Å²) in [5.74, 6) is -0.681. The first kappa shape index (κ1) is 19.3. The summed E-state index contributed by atoms with van der Waals surface area (Å²) in [6, 6.07) is 13.6. The number of methoxy groups -OCH3 is 1. The molecule has 3 unspecified atom stereocenters. The standard InChI is InChI=1S/C20H20N2O6/c1-13-17(28-16-10-8-15(9-11-16)22(25)26)12-21(18(13)20(24)27-2)19(23)14-6-4-3-5-7-14/h3-11,13,17-18H,12H2,1-2H3. The molecule has 3 atom stereocenters. The Balaban J connectivity index is 1.82. The number of rotatable bonds is 5. The summed E-state index contributed by atoms with van der Waals surface area (Å²) in [5, 5.41) is 10.8. The first-order valence-corrected chi connectivity index (χ1v) is 8.77. The van der Waals surface area contributed by atoms with Gasteiger partial charge in [-0.1, -0.05) is 25.1 Å². The number of benzene rings is 2. The molecule has 1 aliphatic heterocycles. The lowest BCUT2D eigenvalue weighted by Crippen LogP contribution is -2.43. The fraction of sp³-hybridized carbons (Fsp3) is 0.300. The molecule has 0 bridgehead atoms. The highest BCUT2D eigenvalue weighted by atomic mass is 16.6. The van der Waals surface area contributed by atoms with Crippen molar-refractivity contribution < 1.29 is 24.0 Å². The van der Waals surface area contributed by atoms with Gasteiger partial charge in [0.25, 0.3) is 11.6 Å². The molecule has 0 N–H and O–H groups in total. The minimum Gasteiger partial charge on any atom is -0.488 e. The quantitative estimate of drug-likeness (QED) is 0.446. The summed E-state index contributed by atoms with van der Waals surface area (Å²) in [7, 11) is 1.28. The van der Waals surface area contributed by atoms with Gasteiger partial charge in [-0.05, 0) is 24.3 Å². The van der Waals surface area contributed by atoms with Crippen LogP contribution in [-0.2, 0) is 9.53 Å². The van der Waals surface area contributed by atoms with Gasteiger partial charge in [-0.25, -0.2) is 4.79 Å². The summed E-state index contributed by atoms with van der Waals surface area (Å²) in [5.41, 5.74) is 0.430. The molecule has 28 heavy (non-hydrogen) atoms.